The average molecular weight is 508 g/mol. The Bertz CT molecular complexity index is 1330. The molecule has 0 radical (unpaired) electrons. The van der Waals surface area contributed by atoms with E-state index in [1.807, 2.05) is 34.4 Å². The molecule has 0 amide bonds. The van der Waals surface area contributed by atoms with Crippen LogP contribution >= 0.6 is 0 Å². The number of anilines is 1. The fourth-order valence-electron chi connectivity index (χ4n) is 5.22. The van der Waals surface area contributed by atoms with E-state index in [0.717, 1.165) is 47.7 Å². The van der Waals surface area contributed by atoms with E-state index >= 15 is 0 Å². The van der Waals surface area contributed by atoms with Crippen molar-refractivity contribution < 1.29 is 13.2 Å². The maximum Gasteiger partial charge on any atom is 0.194 e. The summed E-state index contributed by atoms with van der Waals surface area (Å²) in [5, 5.41) is 7.49. The minimum Gasteiger partial charge on any atom is -0.380 e. The molecule has 2 aromatic rings. The molecule has 0 spiro atoms. The first-order valence-corrected chi connectivity index (χ1v) is 14.3. The highest BCUT2D eigenvalue weighted by Gasteiger charge is 2.35. The monoisotopic (exact) mass is 507 g/mol. The number of hydrazine groups is 1. The minimum atomic E-state index is -3.01. The van der Waals surface area contributed by atoms with Crippen LogP contribution < -0.4 is 16.1 Å². The lowest BCUT2D eigenvalue weighted by Crippen LogP contribution is -2.46. The number of sulfone groups is 1. The van der Waals surface area contributed by atoms with Crippen molar-refractivity contribution in [2.75, 3.05) is 37.2 Å². The molecule has 2 atom stereocenters. The summed E-state index contributed by atoms with van der Waals surface area (Å²) in [5.41, 5.74) is 13.1. The molecule has 3 N–H and O–H groups in total. The van der Waals surface area contributed by atoms with Gasteiger partial charge in [0.15, 0.2) is 12.1 Å². The van der Waals surface area contributed by atoms with Crippen molar-refractivity contribution in [2.45, 2.75) is 31.7 Å². The Morgan fingerprint density at radius 1 is 1.22 bits per heavy atom. The Morgan fingerprint density at radius 2 is 2.06 bits per heavy atom. The van der Waals surface area contributed by atoms with Gasteiger partial charge in [-0.3, -0.25) is 5.73 Å². The summed E-state index contributed by atoms with van der Waals surface area (Å²) in [4.78, 5) is 4.84. The first-order chi connectivity index (χ1) is 17.4. The number of nitrogens with two attached hydrogens (primary N) is 1. The van der Waals surface area contributed by atoms with Crippen LogP contribution in [-0.4, -0.2) is 57.8 Å². The average Bonchev–Trinajstić information content (AvgIpc) is 3.06. The molecule has 2 aromatic carbocycles. The second-order valence-electron chi connectivity index (χ2n) is 9.52. The summed E-state index contributed by atoms with van der Waals surface area (Å²) < 4.78 is 29.0. The van der Waals surface area contributed by atoms with Crippen molar-refractivity contribution in [3.8, 4) is 0 Å². The number of nitrogens with one attached hydrogen (secondary N) is 1. The van der Waals surface area contributed by atoms with Gasteiger partial charge in [0, 0.05) is 31.7 Å². The van der Waals surface area contributed by atoms with Crippen LogP contribution in [0.2, 0.25) is 0 Å². The van der Waals surface area contributed by atoms with Crippen molar-refractivity contribution in [1.29, 1.82) is 0 Å². The van der Waals surface area contributed by atoms with E-state index in [1.165, 1.54) is 17.4 Å². The molecule has 3 aliphatic rings. The number of fused-ring (bicyclic) bond motifs is 2. The van der Waals surface area contributed by atoms with Crippen molar-refractivity contribution in [1.82, 2.24) is 10.3 Å². The van der Waals surface area contributed by atoms with Gasteiger partial charge in [-0.05, 0) is 71.8 Å². The van der Waals surface area contributed by atoms with Crippen LogP contribution in [0.25, 0.3) is 5.57 Å². The highest BCUT2D eigenvalue weighted by Crippen LogP contribution is 2.35. The van der Waals surface area contributed by atoms with E-state index in [4.69, 9.17) is 15.5 Å². The van der Waals surface area contributed by atoms with Gasteiger partial charge in [0.25, 0.3) is 0 Å². The SMILES string of the molecule is COCc1ccccc1C1=CC=CN2C1=NC(N)N2c1ccc2c(c1)CCNCC2CCS(C)(=O)=O. The fourth-order valence-corrected chi connectivity index (χ4v) is 5.94. The molecule has 0 saturated heterocycles. The Balaban J connectivity index is 1.44. The number of nitrogens with zero attached hydrogens (tertiary/aromatic N) is 3. The zero-order chi connectivity index (χ0) is 25.3. The third-order valence-electron chi connectivity index (χ3n) is 6.92. The molecule has 0 bridgehead atoms. The summed E-state index contributed by atoms with van der Waals surface area (Å²) in [7, 11) is -1.31. The predicted octanol–water partition coefficient (Wildman–Crippen LogP) is 2.79. The molecule has 0 aliphatic carbocycles. The van der Waals surface area contributed by atoms with Gasteiger partial charge in [-0.2, -0.15) is 0 Å². The van der Waals surface area contributed by atoms with E-state index < -0.39 is 16.1 Å². The van der Waals surface area contributed by atoms with Crippen LogP contribution in [0.4, 0.5) is 5.69 Å². The van der Waals surface area contributed by atoms with Gasteiger partial charge in [0.05, 0.1) is 18.0 Å². The largest absolute Gasteiger partial charge is 0.380 e. The zero-order valence-electron chi connectivity index (χ0n) is 20.7. The topological polar surface area (TPSA) is 100 Å². The molecule has 5 rings (SSSR count). The van der Waals surface area contributed by atoms with Crippen molar-refractivity contribution in [3.05, 3.63) is 83.1 Å². The molecular weight excluding hydrogens is 474 g/mol. The summed E-state index contributed by atoms with van der Waals surface area (Å²) in [5.74, 6) is 1.15. The van der Waals surface area contributed by atoms with E-state index in [0.29, 0.717) is 13.0 Å². The molecule has 0 fully saturated rings. The standard InChI is InChI=1S/C27H33N5O3S/c1-35-18-21-6-3-4-7-24(21)25-8-5-14-31-26(25)30-27(28)32(31)22-9-10-23-19(16-22)11-13-29-17-20(23)12-15-36(2,33)34/h3-10,14,16,20,27,29H,11-13,15,17-18,28H2,1-2H3. The third-order valence-corrected chi connectivity index (χ3v) is 7.90. The quantitative estimate of drug-likeness (QED) is 0.594. The van der Waals surface area contributed by atoms with E-state index in [-0.39, 0.29) is 11.7 Å². The lowest BCUT2D eigenvalue weighted by molar-refractivity contribution is 0.184. The van der Waals surface area contributed by atoms with Gasteiger partial charge < -0.3 is 10.1 Å². The van der Waals surface area contributed by atoms with Gasteiger partial charge >= 0.3 is 0 Å². The molecule has 0 aromatic heterocycles. The predicted molar refractivity (Wildman–Crippen MR) is 144 cm³/mol. The van der Waals surface area contributed by atoms with E-state index in [1.54, 1.807) is 7.11 Å². The van der Waals surface area contributed by atoms with Gasteiger partial charge in [0.2, 0.25) is 0 Å². The second kappa shape index (κ2) is 10.2. The Labute approximate surface area is 213 Å². The molecule has 2 unspecified atom stereocenters. The highest BCUT2D eigenvalue weighted by atomic mass is 32.2. The number of rotatable bonds is 7. The van der Waals surface area contributed by atoms with Crippen molar-refractivity contribution in [2.24, 2.45) is 10.7 Å². The molecule has 0 saturated carbocycles. The number of ether oxygens (including phenoxy) is 1. The molecular formula is C27H33N5O3S. The molecule has 8 nitrogen and oxygen atoms in total. The summed E-state index contributed by atoms with van der Waals surface area (Å²) in [6.45, 7) is 2.15. The van der Waals surface area contributed by atoms with E-state index in [9.17, 15) is 8.42 Å². The van der Waals surface area contributed by atoms with Gasteiger partial charge in [-0.15, -0.1) is 0 Å². The summed E-state index contributed by atoms with van der Waals surface area (Å²) >= 11 is 0. The van der Waals surface area contributed by atoms with Crippen LogP contribution in [0.1, 0.15) is 34.6 Å². The Hall–Kier alpha value is -2.98. The molecule has 3 aliphatic heterocycles. The molecule has 9 heteroatoms. The van der Waals surface area contributed by atoms with Crippen LogP contribution in [0.15, 0.2) is 65.8 Å². The van der Waals surface area contributed by atoms with Crippen LogP contribution in [-0.2, 0) is 27.6 Å². The highest BCUT2D eigenvalue weighted by molar-refractivity contribution is 7.90. The zero-order valence-corrected chi connectivity index (χ0v) is 21.5. The maximum atomic E-state index is 11.8. The summed E-state index contributed by atoms with van der Waals surface area (Å²) in [6, 6.07) is 14.6. The number of aliphatic imine (C=N–C) groups is 1. The first kappa shape index (κ1) is 24.7. The normalized spacial score (nSPS) is 21.5. The number of amidine groups is 1. The second-order valence-corrected chi connectivity index (χ2v) is 11.8. The Morgan fingerprint density at radius 3 is 2.86 bits per heavy atom. The maximum absolute atomic E-state index is 11.8. The van der Waals surface area contributed by atoms with Gasteiger partial charge in [0.1, 0.15) is 9.84 Å². The van der Waals surface area contributed by atoms with E-state index in [2.05, 4.69) is 41.7 Å². The number of hydrogen-bond donors (Lipinski definition) is 2. The summed E-state index contributed by atoms with van der Waals surface area (Å²) in [6.07, 6.45) is 8.28. The molecule has 36 heavy (non-hydrogen) atoms. The van der Waals surface area contributed by atoms with Crippen LogP contribution in [0.5, 0.6) is 0 Å². The van der Waals surface area contributed by atoms with Gasteiger partial charge in [-0.25, -0.2) is 23.4 Å². The first-order valence-electron chi connectivity index (χ1n) is 12.2. The molecule has 190 valence electrons. The lowest BCUT2D eigenvalue weighted by Gasteiger charge is -2.34. The number of hydrogen-bond acceptors (Lipinski definition) is 8. The van der Waals surface area contributed by atoms with Crippen LogP contribution in [0, 0.1) is 0 Å². The number of allylic oxidation sites excluding steroid dienone is 2. The van der Waals surface area contributed by atoms with Crippen molar-refractivity contribution >= 4 is 26.9 Å². The minimum absolute atomic E-state index is 0.159. The lowest BCUT2D eigenvalue weighted by atomic mass is 9.91. The van der Waals surface area contributed by atoms with Crippen LogP contribution in [0.3, 0.4) is 0 Å². The molecule has 3 heterocycles. The number of benzene rings is 2. The third kappa shape index (κ3) is 4.97. The number of methoxy groups -OCH3 is 1. The Kier molecular flexibility index (Phi) is 6.98. The smallest absolute Gasteiger partial charge is 0.194 e. The fraction of sp³-hybridized carbons (Fsp3) is 0.370. The van der Waals surface area contributed by atoms with Crippen molar-refractivity contribution in [3.63, 3.8) is 0 Å². The van der Waals surface area contributed by atoms with Gasteiger partial charge in [-0.1, -0.05) is 30.3 Å².